The number of benzene rings is 1. The molecule has 14 heavy (non-hydrogen) atoms. The summed E-state index contributed by atoms with van der Waals surface area (Å²) in [5.41, 5.74) is 8.86. The molecule has 0 spiro atoms. The molecule has 1 fully saturated rings. The van der Waals surface area contributed by atoms with Crippen molar-refractivity contribution in [2.45, 2.75) is 25.8 Å². The van der Waals surface area contributed by atoms with Gasteiger partial charge >= 0.3 is 0 Å². The molecule has 1 aliphatic rings. The van der Waals surface area contributed by atoms with Crippen LogP contribution in [0.4, 0.5) is 5.69 Å². The molecule has 76 valence electrons. The first-order valence-corrected chi connectivity index (χ1v) is 5.35. The lowest BCUT2D eigenvalue weighted by Crippen LogP contribution is -2.13. The third-order valence-corrected chi connectivity index (χ3v) is 3.15. The Hall–Kier alpha value is -0.730. The van der Waals surface area contributed by atoms with Crippen LogP contribution in [0.5, 0.6) is 0 Å². The van der Waals surface area contributed by atoms with E-state index in [4.69, 9.17) is 17.3 Å². The van der Waals surface area contributed by atoms with Crippen LogP contribution in [0, 0.1) is 6.92 Å². The van der Waals surface area contributed by atoms with Gasteiger partial charge in [-0.2, -0.15) is 0 Å². The number of hydrogen-bond donors (Lipinski definition) is 2. The highest BCUT2D eigenvalue weighted by atomic mass is 35.5. The zero-order chi connectivity index (χ0) is 10.1. The van der Waals surface area contributed by atoms with E-state index in [0.717, 1.165) is 22.8 Å². The maximum absolute atomic E-state index is 6.16. The van der Waals surface area contributed by atoms with E-state index in [9.17, 15) is 0 Å². The van der Waals surface area contributed by atoms with Crippen molar-refractivity contribution in [3.8, 4) is 0 Å². The number of anilines is 1. The van der Waals surface area contributed by atoms with Gasteiger partial charge in [-0.05, 0) is 43.5 Å². The number of nitrogens with one attached hydrogen (secondary N) is 1. The molecule has 0 aromatic heterocycles. The second kappa shape index (κ2) is 3.79. The quantitative estimate of drug-likeness (QED) is 0.700. The van der Waals surface area contributed by atoms with E-state index in [1.54, 1.807) is 0 Å². The summed E-state index contributed by atoms with van der Waals surface area (Å²) in [5, 5.41) is 4.22. The predicted octanol–water partition coefficient (Wildman–Crippen LogP) is 2.66. The van der Waals surface area contributed by atoms with Gasteiger partial charge in [-0.15, -0.1) is 0 Å². The fourth-order valence-corrected chi connectivity index (χ4v) is 2.24. The molecule has 1 aromatic carbocycles. The number of halogens is 1. The van der Waals surface area contributed by atoms with Crippen LogP contribution in [0.1, 0.15) is 30.0 Å². The Bertz CT molecular complexity index is 343. The third kappa shape index (κ3) is 1.72. The van der Waals surface area contributed by atoms with Crippen LogP contribution in [0.3, 0.4) is 0 Å². The van der Waals surface area contributed by atoms with Gasteiger partial charge in [-0.25, -0.2) is 0 Å². The van der Waals surface area contributed by atoms with Crippen molar-refractivity contribution in [2.24, 2.45) is 0 Å². The Kier molecular flexibility index (Phi) is 2.66. The SMILES string of the molecule is Cc1cc([C@@H]2CCCN2)c(Cl)cc1N. The minimum Gasteiger partial charge on any atom is -0.398 e. The fourth-order valence-electron chi connectivity index (χ4n) is 1.94. The topological polar surface area (TPSA) is 38.0 Å². The van der Waals surface area contributed by atoms with Crippen LogP contribution in [0.15, 0.2) is 12.1 Å². The van der Waals surface area contributed by atoms with Crippen molar-refractivity contribution < 1.29 is 0 Å². The van der Waals surface area contributed by atoms with Crippen LogP contribution in [0.25, 0.3) is 0 Å². The van der Waals surface area contributed by atoms with Crippen molar-refractivity contribution in [2.75, 3.05) is 12.3 Å². The average molecular weight is 211 g/mol. The summed E-state index contributed by atoms with van der Waals surface area (Å²) in [6.07, 6.45) is 2.40. The predicted molar refractivity (Wildman–Crippen MR) is 60.6 cm³/mol. The molecule has 2 rings (SSSR count). The summed E-state index contributed by atoms with van der Waals surface area (Å²) in [5.74, 6) is 0. The van der Waals surface area contributed by atoms with Crippen LogP contribution >= 0.6 is 11.6 Å². The maximum Gasteiger partial charge on any atom is 0.0474 e. The van der Waals surface area contributed by atoms with Crippen molar-refractivity contribution in [1.82, 2.24) is 5.32 Å². The van der Waals surface area contributed by atoms with Crippen LogP contribution in [-0.4, -0.2) is 6.54 Å². The first-order chi connectivity index (χ1) is 6.68. The fraction of sp³-hybridized carbons (Fsp3) is 0.455. The minimum absolute atomic E-state index is 0.418. The molecule has 0 bridgehead atoms. The molecule has 1 saturated heterocycles. The molecule has 1 aliphatic heterocycles. The van der Waals surface area contributed by atoms with Gasteiger partial charge in [0.2, 0.25) is 0 Å². The highest BCUT2D eigenvalue weighted by Crippen LogP contribution is 2.32. The number of hydrogen-bond acceptors (Lipinski definition) is 2. The smallest absolute Gasteiger partial charge is 0.0474 e. The van der Waals surface area contributed by atoms with Crippen LogP contribution in [0.2, 0.25) is 5.02 Å². The summed E-state index contributed by atoms with van der Waals surface area (Å²) in [6, 6.07) is 4.37. The Morgan fingerprint density at radius 1 is 1.50 bits per heavy atom. The van der Waals surface area contributed by atoms with E-state index in [0.29, 0.717) is 6.04 Å². The molecular formula is C11H15ClN2. The lowest BCUT2D eigenvalue weighted by atomic mass is 10.0. The maximum atomic E-state index is 6.16. The van der Waals surface area contributed by atoms with Gasteiger partial charge in [0.1, 0.15) is 0 Å². The summed E-state index contributed by atoms with van der Waals surface area (Å²) in [4.78, 5) is 0. The highest BCUT2D eigenvalue weighted by molar-refractivity contribution is 6.31. The Balaban J connectivity index is 2.37. The van der Waals surface area contributed by atoms with Crippen LogP contribution < -0.4 is 11.1 Å². The Morgan fingerprint density at radius 2 is 2.29 bits per heavy atom. The third-order valence-electron chi connectivity index (χ3n) is 2.82. The summed E-state index contributed by atoms with van der Waals surface area (Å²) < 4.78 is 0. The average Bonchev–Trinajstić information content (AvgIpc) is 2.64. The van der Waals surface area contributed by atoms with Gasteiger partial charge < -0.3 is 11.1 Å². The molecular weight excluding hydrogens is 196 g/mol. The first-order valence-electron chi connectivity index (χ1n) is 4.97. The molecule has 1 heterocycles. The molecule has 1 atom stereocenters. The van der Waals surface area contributed by atoms with Gasteiger partial charge in [0.25, 0.3) is 0 Å². The lowest BCUT2D eigenvalue weighted by molar-refractivity contribution is 0.647. The number of nitrogen functional groups attached to an aromatic ring is 1. The van der Waals surface area contributed by atoms with Crippen molar-refractivity contribution in [3.63, 3.8) is 0 Å². The first kappa shape index (κ1) is 9.81. The zero-order valence-electron chi connectivity index (χ0n) is 8.31. The van der Waals surface area contributed by atoms with E-state index in [1.807, 2.05) is 13.0 Å². The lowest BCUT2D eigenvalue weighted by Gasteiger charge is -2.14. The van der Waals surface area contributed by atoms with E-state index >= 15 is 0 Å². The second-order valence-corrected chi connectivity index (χ2v) is 4.29. The minimum atomic E-state index is 0.418. The van der Waals surface area contributed by atoms with Gasteiger partial charge in [-0.1, -0.05) is 17.7 Å². The standard InChI is InChI=1S/C11H15ClN2/c1-7-5-8(9(12)6-10(7)13)11-3-2-4-14-11/h5-6,11,14H,2-4,13H2,1H3/t11-/m0/s1. The molecule has 0 saturated carbocycles. The molecule has 3 N–H and O–H groups in total. The number of aryl methyl sites for hydroxylation is 1. The van der Waals surface area contributed by atoms with Crippen molar-refractivity contribution in [3.05, 3.63) is 28.3 Å². The molecule has 3 heteroatoms. The Labute approximate surface area is 89.4 Å². The normalized spacial score (nSPS) is 21.4. The van der Waals surface area contributed by atoms with E-state index < -0.39 is 0 Å². The highest BCUT2D eigenvalue weighted by Gasteiger charge is 2.19. The summed E-state index contributed by atoms with van der Waals surface area (Å²) in [6.45, 7) is 3.11. The summed E-state index contributed by atoms with van der Waals surface area (Å²) in [7, 11) is 0. The monoisotopic (exact) mass is 210 g/mol. The second-order valence-electron chi connectivity index (χ2n) is 3.88. The van der Waals surface area contributed by atoms with E-state index in [1.165, 1.54) is 18.4 Å². The molecule has 1 aromatic rings. The van der Waals surface area contributed by atoms with Gasteiger partial charge in [-0.3, -0.25) is 0 Å². The van der Waals surface area contributed by atoms with Crippen molar-refractivity contribution in [1.29, 1.82) is 0 Å². The van der Waals surface area contributed by atoms with Gasteiger partial charge in [0.15, 0.2) is 0 Å². The van der Waals surface area contributed by atoms with Crippen molar-refractivity contribution >= 4 is 17.3 Å². The van der Waals surface area contributed by atoms with E-state index in [2.05, 4.69) is 11.4 Å². The number of nitrogens with two attached hydrogens (primary N) is 1. The summed E-state index contributed by atoms with van der Waals surface area (Å²) >= 11 is 6.16. The Morgan fingerprint density at radius 3 is 2.93 bits per heavy atom. The molecule has 0 unspecified atom stereocenters. The zero-order valence-corrected chi connectivity index (χ0v) is 9.06. The molecule has 0 amide bonds. The largest absolute Gasteiger partial charge is 0.398 e. The van der Waals surface area contributed by atoms with Crippen LogP contribution in [-0.2, 0) is 0 Å². The van der Waals surface area contributed by atoms with Gasteiger partial charge in [0, 0.05) is 16.8 Å². The number of rotatable bonds is 1. The molecule has 0 radical (unpaired) electrons. The molecule has 0 aliphatic carbocycles. The van der Waals surface area contributed by atoms with Gasteiger partial charge in [0.05, 0.1) is 0 Å². The van der Waals surface area contributed by atoms with E-state index in [-0.39, 0.29) is 0 Å². The molecule has 2 nitrogen and oxygen atoms in total.